The monoisotopic (exact) mass is 399 g/mol. The molecule has 1 N–H and O–H groups in total. The van der Waals surface area contributed by atoms with Gasteiger partial charge in [-0.2, -0.15) is 0 Å². The van der Waals surface area contributed by atoms with E-state index in [4.69, 9.17) is 4.74 Å². The van der Waals surface area contributed by atoms with Crippen LogP contribution >= 0.6 is 0 Å². The fourth-order valence-corrected chi connectivity index (χ4v) is 5.03. The minimum atomic E-state index is -0.143. The molecule has 2 aliphatic rings. The standard InChI is InChI=1S/C25H37NO3/c1-26(2)25(28)14-7-6-10-19-16-20-18-24(27)22(23(20)17-19)13-8-9-15-29-21-11-4-3-5-12-21/h3-5,11-12,16,20,22-24,27H,6-10,13-15,17-18H2,1-2H3/t20-,22+,23-,24+/m0/s1. The molecular formula is C25H37NO3. The fourth-order valence-electron chi connectivity index (χ4n) is 5.03. The second-order valence-electron chi connectivity index (χ2n) is 8.98. The summed E-state index contributed by atoms with van der Waals surface area (Å²) in [5, 5.41) is 10.5. The van der Waals surface area contributed by atoms with E-state index in [2.05, 4.69) is 6.08 Å². The molecule has 0 radical (unpaired) electrons. The third-order valence-electron chi connectivity index (χ3n) is 6.64. The molecule has 29 heavy (non-hydrogen) atoms. The zero-order valence-electron chi connectivity index (χ0n) is 18.1. The summed E-state index contributed by atoms with van der Waals surface area (Å²) in [5.41, 5.74) is 1.56. The molecule has 0 unspecified atom stereocenters. The van der Waals surface area contributed by atoms with Crippen LogP contribution in [0, 0.1) is 17.8 Å². The van der Waals surface area contributed by atoms with Crippen LogP contribution in [-0.2, 0) is 4.79 Å². The summed E-state index contributed by atoms with van der Waals surface area (Å²) in [6, 6.07) is 9.98. The smallest absolute Gasteiger partial charge is 0.222 e. The minimum absolute atomic E-state index is 0.143. The van der Waals surface area contributed by atoms with Crippen molar-refractivity contribution in [3.8, 4) is 5.75 Å². The molecule has 0 heterocycles. The Bertz CT molecular complexity index is 670. The third kappa shape index (κ3) is 6.33. The Hall–Kier alpha value is -1.81. The first kappa shape index (κ1) is 21.9. The highest BCUT2D eigenvalue weighted by atomic mass is 16.5. The molecule has 1 amide bonds. The number of rotatable bonds is 11. The maximum atomic E-state index is 11.7. The topological polar surface area (TPSA) is 49.8 Å². The zero-order valence-corrected chi connectivity index (χ0v) is 18.1. The lowest BCUT2D eigenvalue weighted by molar-refractivity contribution is -0.128. The molecule has 1 aromatic carbocycles. The summed E-state index contributed by atoms with van der Waals surface area (Å²) in [6.45, 7) is 0.746. The average molecular weight is 400 g/mol. The van der Waals surface area contributed by atoms with E-state index in [1.54, 1.807) is 10.5 Å². The SMILES string of the molecule is CN(C)C(=O)CCCCC1=C[C@H]2C[C@@H](O)[C@H](CCCCOc3ccccc3)[C@H]2C1. The Morgan fingerprint density at radius 1 is 1.14 bits per heavy atom. The van der Waals surface area contributed by atoms with Gasteiger partial charge in [-0.25, -0.2) is 0 Å². The van der Waals surface area contributed by atoms with E-state index in [1.807, 2.05) is 44.4 Å². The number of nitrogens with zero attached hydrogens (tertiary/aromatic N) is 1. The number of carbonyl (C=O) groups excluding carboxylic acids is 1. The van der Waals surface area contributed by atoms with Gasteiger partial charge < -0.3 is 14.7 Å². The highest BCUT2D eigenvalue weighted by Gasteiger charge is 2.43. The van der Waals surface area contributed by atoms with Crippen LogP contribution in [0.1, 0.15) is 57.8 Å². The predicted octanol–water partition coefficient (Wildman–Crippen LogP) is 4.83. The summed E-state index contributed by atoms with van der Waals surface area (Å²) in [7, 11) is 3.64. The van der Waals surface area contributed by atoms with Gasteiger partial charge in [0.2, 0.25) is 5.91 Å². The molecule has 0 spiro atoms. The van der Waals surface area contributed by atoms with E-state index in [1.165, 1.54) is 0 Å². The van der Waals surface area contributed by atoms with Gasteiger partial charge in [-0.15, -0.1) is 0 Å². The number of amides is 1. The third-order valence-corrected chi connectivity index (χ3v) is 6.64. The maximum absolute atomic E-state index is 11.7. The fraction of sp³-hybridized carbons (Fsp3) is 0.640. The van der Waals surface area contributed by atoms with E-state index < -0.39 is 0 Å². The number of ether oxygens (including phenoxy) is 1. The van der Waals surface area contributed by atoms with Crippen molar-refractivity contribution in [1.29, 1.82) is 0 Å². The Balaban J connectivity index is 1.33. The Labute approximate surface area is 175 Å². The van der Waals surface area contributed by atoms with Crippen LogP contribution in [0.3, 0.4) is 0 Å². The summed E-state index contributed by atoms with van der Waals surface area (Å²) >= 11 is 0. The molecule has 1 saturated carbocycles. The average Bonchev–Trinajstić information content (AvgIpc) is 3.22. The Morgan fingerprint density at radius 2 is 1.93 bits per heavy atom. The van der Waals surface area contributed by atoms with Gasteiger partial charge in [0.05, 0.1) is 12.7 Å². The van der Waals surface area contributed by atoms with Crippen LogP contribution in [0.15, 0.2) is 42.0 Å². The van der Waals surface area contributed by atoms with Crippen molar-refractivity contribution in [2.75, 3.05) is 20.7 Å². The van der Waals surface area contributed by atoms with Gasteiger partial charge in [-0.05, 0) is 81.3 Å². The number of hydrogen-bond donors (Lipinski definition) is 1. The first-order valence-corrected chi connectivity index (χ1v) is 11.3. The van der Waals surface area contributed by atoms with Crippen molar-refractivity contribution >= 4 is 5.91 Å². The van der Waals surface area contributed by atoms with Gasteiger partial charge >= 0.3 is 0 Å². The number of aliphatic hydroxyl groups excluding tert-OH is 1. The molecule has 1 aromatic rings. The highest BCUT2D eigenvalue weighted by molar-refractivity contribution is 5.75. The molecule has 3 rings (SSSR count). The quantitative estimate of drug-likeness (QED) is 0.428. The summed E-state index contributed by atoms with van der Waals surface area (Å²) in [6.07, 6.45) is 11.4. The number of hydrogen-bond acceptors (Lipinski definition) is 3. The van der Waals surface area contributed by atoms with Crippen molar-refractivity contribution in [3.63, 3.8) is 0 Å². The van der Waals surface area contributed by atoms with Gasteiger partial charge in [0.1, 0.15) is 5.75 Å². The summed E-state index contributed by atoms with van der Waals surface area (Å²) in [5.74, 6) is 2.78. The molecule has 0 aromatic heterocycles. The molecular weight excluding hydrogens is 362 g/mol. The highest BCUT2D eigenvalue weighted by Crippen LogP contribution is 2.49. The van der Waals surface area contributed by atoms with E-state index in [-0.39, 0.29) is 12.0 Å². The molecule has 160 valence electrons. The molecule has 0 bridgehead atoms. The molecule has 4 nitrogen and oxygen atoms in total. The number of carbonyl (C=O) groups is 1. The van der Waals surface area contributed by atoms with Crippen molar-refractivity contribution < 1.29 is 14.6 Å². The van der Waals surface area contributed by atoms with Crippen molar-refractivity contribution in [2.24, 2.45) is 17.8 Å². The van der Waals surface area contributed by atoms with Crippen LogP contribution in [-0.4, -0.2) is 42.7 Å². The largest absolute Gasteiger partial charge is 0.494 e. The lowest BCUT2D eigenvalue weighted by Gasteiger charge is -2.22. The summed E-state index contributed by atoms with van der Waals surface area (Å²) < 4.78 is 5.79. The van der Waals surface area contributed by atoms with Crippen LogP contribution in [0.5, 0.6) is 5.75 Å². The van der Waals surface area contributed by atoms with Crippen LogP contribution in [0.4, 0.5) is 0 Å². The second kappa shape index (κ2) is 10.8. The van der Waals surface area contributed by atoms with Crippen LogP contribution in [0.2, 0.25) is 0 Å². The van der Waals surface area contributed by atoms with Gasteiger partial charge in [-0.1, -0.05) is 29.8 Å². The van der Waals surface area contributed by atoms with Gasteiger partial charge in [0.25, 0.3) is 0 Å². The first-order valence-electron chi connectivity index (χ1n) is 11.3. The lowest BCUT2D eigenvalue weighted by atomic mass is 9.85. The van der Waals surface area contributed by atoms with Gasteiger partial charge in [0.15, 0.2) is 0 Å². The van der Waals surface area contributed by atoms with Crippen LogP contribution < -0.4 is 4.74 Å². The Morgan fingerprint density at radius 3 is 2.69 bits per heavy atom. The normalized spacial score (nSPS) is 25.6. The number of unbranched alkanes of at least 4 members (excludes halogenated alkanes) is 2. The predicted molar refractivity (Wildman–Crippen MR) is 117 cm³/mol. The van der Waals surface area contributed by atoms with Crippen molar-refractivity contribution in [3.05, 3.63) is 42.0 Å². The van der Waals surface area contributed by atoms with Crippen LogP contribution in [0.25, 0.3) is 0 Å². The number of benzene rings is 1. The van der Waals surface area contributed by atoms with Gasteiger partial charge in [-0.3, -0.25) is 4.79 Å². The lowest BCUT2D eigenvalue weighted by Crippen LogP contribution is -2.21. The van der Waals surface area contributed by atoms with Crippen molar-refractivity contribution in [1.82, 2.24) is 4.90 Å². The molecule has 4 atom stereocenters. The first-order chi connectivity index (χ1) is 14.0. The number of para-hydroxylation sites is 1. The maximum Gasteiger partial charge on any atom is 0.222 e. The number of fused-ring (bicyclic) bond motifs is 1. The molecule has 0 saturated heterocycles. The second-order valence-corrected chi connectivity index (χ2v) is 8.98. The van der Waals surface area contributed by atoms with E-state index in [0.29, 0.717) is 24.2 Å². The Kier molecular flexibility index (Phi) is 8.17. The van der Waals surface area contributed by atoms with E-state index in [0.717, 1.165) is 63.7 Å². The van der Waals surface area contributed by atoms with E-state index in [9.17, 15) is 9.90 Å². The number of allylic oxidation sites excluding steroid dienone is 2. The van der Waals surface area contributed by atoms with Crippen molar-refractivity contribution in [2.45, 2.75) is 63.9 Å². The molecule has 4 heteroatoms. The van der Waals surface area contributed by atoms with E-state index >= 15 is 0 Å². The zero-order chi connectivity index (χ0) is 20.6. The number of aliphatic hydroxyl groups is 1. The summed E-state index contributed by atoms with van der Waals surface area (Å²) in [4.78, 5) is 13.4. The molecule has 0 aliphatic heterocycles. The molecule has 1 fully saturated rings. The minimum Gasteiger partial charge on any atom is -0.494 e. The van der Waals surface area contributed by atoms with Gasteiger partial charge in [0, 0.05) is 20.5 Å². The molecule has 2 aliphatic carbocycles.